The van der Waals surface area contributed by atoms with Gasteiger partial charge in [-0.2, -0.15) is 0 Å². The molecular formula is C13H6BrCl3FN3. The summed E-state index contributed by atoms with van der Waals surface area (Å²) in [5.74, 6) is 0.243. The zero-order chi connectivity index (χ0) is 15.1. The normalized spacial score (nSPS) is 11.3. The number of pyridine rings is 1. The molecule has 21 heavy (non-hydrogen) atoms. The van der Waals surface area contributed by atoms with Gasteiger partial charge in [-0.05, 0) is 34.1 Å². The molecule has 0 radical (unpaired) electrons. The minimum absolute atomic E-state index is 0.147. The van der Waals surface area contributed by atoms with E-state index in [1.54, 1.807) is 10.6 Å². The largest absolute Gasteiger partial charge is 0.277 e. The summed E-state index contributed by atoms with van der Waals surface area (Å²) in [5, 5.41) is 0.696. The molecule has 0 aliphatic heterocycles. The van der Waals surface area contributed by atoms with E-state index in [1.165, 1.54) is 18.3 Å². The van der Waals surface area contributed by atoms with E-state index in [2.05, 4.69) is 25.9 Å². The number of benzene rings is 1. The van der Waals surface area contributed by atoms with Gasteiger partial charge < -0.3 is 0 Å². The van der Waals surface area contributed by atoms with E-state index in [4.69, 9.17) is 34.8 Å². The van der Waals surface area contributed by atoms with Crippen molar-refractivity contribution in [2.45, 2.75) is 5.88 Å². The minimum Gasteiger partial charge on any atom is -0.277 e. The van der Waals surface area contributed by atoms with E-state index in [-0.39, 0.29) is 10.9 Å². The highest BCUT2D eigenvalue weighted by Crippen LogP contribution is 2.34. The number of aromatic nitrogens is 3. The lowest BCUT2D eigenvalue weighted by atomic mass is 10.3. The van der Waals surface area contributed by atoms with Crippen molar-refractivity contribution in [2.75, 3.05) is 0 Å². The Morgan fingerprint density at radius 2 is 2.00 bits per heavy atom. The van der Waals surface area contributed by atoms with Gasteiger partial charge in [-0.1, -0.05) is 23.2 Å². The zero-order valence-corrected chi connectivity index (χ0v) is 14.1. The van der Waals surface area contributed by atoms with Gasteiger partial charge in [0.05, 0.1) is 21.6 Å². The monoisotopic (exact) mass is 407 g/mol. The third kappa shape index (κ3) is 2.63. The summed E-state index contributed by atoms with van der Waals surface area (Å²) in [7, 11) is 0. The Hall–Kier alpha value is -0.880. The lowest BCUT2D eigenvalue weighted by Gasteiger charge is -2.11. The van der Waals surface area contributed by atoms with E-state index in [1.807, 2.05) is 0 Å². The summed E-state index contributed by atoms with van der Waals surface area (Å²) in [4.78, 5) is 8.65. The van der Waals surface area contributed by atoms with Crippen LogP contribution in [0.4, 0.5) is 4.39 Å². The average Bonchev–Trinajstić information content (AvgIpc) is 2.75. The number of halogens is 5. The number of hydrogen-bond acceptors (Lipinski definition) is 2. The molecule has 0 N–H and O–H groups in total. The number of nitrogens with zero attached hydrogens (tertiary/aromatic N) is 3. The molecule has 3 rings (SSSR count). The lowest BCUT2D eigenvalue weighted by molar-refractivity contribution is 0.626. The quantitative estimate of drug-likeness (QED) is 0.533. The molecule has 0 aliphatic rings. The van der Waals surface area contributed by atoms with Crippen molar-refractivity contribution in [3.05, 3.63) is 50.6 Å². The van der Waals surface area contributed by atoms with Crippen LogP contribution < -0.4 is 0 Å². The standard InChI is InChI=1S/C13H6BrCl3FN3/c14-8-2-7(18)3-9(17)12(8)21-11(4-15)20-10-1-6(16)5-19-13(10)21/h1-3,5H,4H2. The SMILES string of the molecule is Fc1cc(Cl)c(-n2c(CCl)nc3cc(Cl)cnc32)c(Br)c1. The Morgan fingerprint density at radius 1 is 1.24 bits per heavy atom. The Morgan fingerprint density at radius 3 is 2.67 bits per heavy atom. The molecule has 108 valence electrons. The van der Waals surface area contributed by atoms with Crippen LogP contribution in [0.2, 0.25) is 10.0 Å². The van der Waals surface area contributed by atoms with Gasteiger partial charge in [0.1, 0.15) is 17.2 Å². The molecular weight excluding hydrogens is 403 g/mol. The molecule has 1 aromatic carbocycles. The molecule has 3 aromatic rings. The van der Waals surface area contributed by atoms with Crippen molar-refractivity contribution in [1.82, 2.24) is 14.5 Å². The maximum Gasteiger partial charge on any atom is 0.164 e. The number of imidazole rings is 1. The predicted molar refractivity (Wildman–Crippen MR) is 86.1 cm³/mol. The van der Waals surface area contributed by atoms with E-state index in [9.17, 15) is 4.39 Å². The fraction of sp³-hybridized carbons (Fsp3) is 0.0769. The summed E-state index contributed by atoms with van der Waals surface area (Å²) in [6.45, 7) is 0. The van der Waals surface area contributed by atoms with Gasteiger partial charge in [-0.3, -0.25) is 4.57 Å². The zero-order valence-electron chi connectivity index (χ0n) is 10.2. The maximum absolute atomic E-state index is 13.4. The van der Waals surface area contributed by atoms with Crippen LogP contribution in [0.5, 0.6) is 0 Å². The van der Waals surface area contributed by atoms with Gasteiger partial charge in [0.2, 0.25) is 0 Å². The summed E-state index contributed by atoms with van der Waals surface area (Å²) in [5.41, 5.74) is 1.67. The summed E-state index contributed by atoms with van der Waals surface area (Å²) in [6.07, 6.45) is 1.51. The van der Waals surface area contributed by atoms with Crippen LogP contribution in [-0.2, 0) is 5.88 Å². The van der Waals surface area contributed by atoms with Gasteiger partial charge in [-0.25, -0.2) is 14.4 Å². The Kier molecular flexibility index (Phi) is 4.10. The van der Waals surface area contributed by atoms with Crippen LogP contribution in [0.3, 0.4) is 0 Å². The van der Waals surface area contributed by atoms with Gasteiger partial charge in [0.15, 0.2) is 5.65 Å². The van der Waals surface area contributed by atoms with Crippen molar-refractivity contribution in [3.8, 4) is 5.69 Å². The van der Waals surface area contributed by atoms with Crippen LogP contribution in [0.1, 0.15) is 5.82 Å². The fourth-order valence-corrected chi connectivity index (χ4v) is 3.41. The molecule has 0 saturated carbocycles. The van der Waals surface area contributed by atoms with Gasteiger partial charge in [0.25, 0.3) is 0 Å². The van der Waals surface area contributed by atoms with Crippen molar-refractivity contribution in [2.24, 2.45) is 0 Å². The van der Waals surface area contributed by atoms with Crippen LogP contribution in [0.25, 0.3) is 16.9 Å². The average molecular weight is 409 g/mol. The molecule has 0 bridgehead atoms. The topological polar surface area (TPSA) is 30.7 Å². The smallest absolute Gasteiger partial charge is 0.164 e. The van der Waals surface area contributed by atoms with Crippen molar-refractivity contribution in [1.29, 1.82) is 0 Å². The molecule has 0 aliphatic carbocycles. The number of fused-ring (bicyclic) bond motifs is 1. The summed E-state index contributed by atoms with van der Waals surface area (Å²) < 4.78 is 15.6. The lowest BCUT2D eigenvalue weighted by Crippen LogP contribution is -2.02. The second kappa shape index (κ2) is 5.72. The molecule has 0 saturated heterocycles. The second-order valence-corrected chi connectivity index (χ2v) is 6.18. The van der Waals surface area contributed by atoms with Crippen LogP contribution in [0, 0.1) is 5.82 Å². The van der Waals surface area contributed by atoms with Crippen molar-refractivity contribution >= 4 is 61.9 Å². The first-order valence-corrected chi connectivity index (χ1v) is 7.83. The number of rotatable bonds is 2. The highest BCUT2D eigenvalue weighted by Gasteiger charge is 2.18. The third-order valence-electron chi connectivity index (χ3n) is 2.86. The molecule has 0 unspecified atom stereocenters. The first kappa shape index (κ1) is 15.0. The van der Waals surface area contributed by atoms with Crippen molar-refractivity contribution < 1.29 is 4.39 Å². The summed E-state index contributed by atoms with van der Waals surface area (Å²) >= 11 is 21.4. The Bertz CT molecular complexity index is 827. The molecule has 2 aromatic heterocycles. The van der Waals surface area contributed by atoms with Gasteiger partial charge in [0, 0.05) is 10.7 Å². The molecule has 8 heteroatoms. The van der Waals surface area contributed by atoms with Gasteiger partial charge in [-0.15, -0.1) is 11.6 Å². The van der Waals surface area contributed by atoms with Crippen LogP contribution in [0.15, 0.2) is 28.9 Å². The predicted octanol–water partition coefficient (Wildman–Crippen LogP) is 5.37. The summed E-state index contributed by atoms with van der Waals surface area (Å²) in [6, 6.07) is 4.23. The van der Waals surface area contributed by atoms with Crippen LogP contribution in [-0.4, -0.2) is 14.5 Å². The first-order chi connectivity index (χ1) is 10.0. The highest BCUT2D eigenvalue weighted by atomic mass is 79.9. The molecule has 3 nitrogen and oxygen atoms in total. The molecule has 0 spiro atoms. The number of hydrogen-bond donors (Lipinski definition) is 0. The fourth-order valence-electron chi connectivity index (χ4n) is 2.06. The molecule has 2 heterocycles. The molecule has 0 amide bonds. The van der Waals surface area contributed by atoms with Gasteiger partial charge >= 0.3 is 0 Å². The Labute approximate surface area is 142 Å². The Balaban J connectivity index is 2.39. The third-order valence-corrected chi connectivity index (χ3v) is 4.20. The van der Waals surface area contributed by atoms with Crippen LogP contribution >= 0.6 is 50.7 Å². The van der Waals surface area contributed by atoms with E-state index < -0.39 is 5.82 Å². The second-order valence-electron chi connectivity index (χ2n) is 4.21. The first-order valence-electron chi connectivity index (χ1n) is 5.75. The minimum atomic E-state index is -0.441. The maximum atomic E-state index is 13.4. The van der Waals surface area contributed by atoms with E-state index >= 15 is 0 Å². The highest BCUT2D eigenvalue weighted by molar-refractivity contribution is 9.10. The van der Waals surface area contributed by atoms with E-state index in [0.717, 1.165) is 0 Å². The van der Waals surface area contributed by atoms with E-state index in [0.29, 0.717) is 32.2 Å². The molecule has 0 fully saturated rings. The van der Waals surface area contributed by atoms with Crippen molar-refractivity contribution in [3.63, 3.8) is 0 Å². The molecule has 0 atom stereocenters. The number of alkyl halides is 1.